The van der Waals surface area contributed by atoms with Gasteiger partial charge in [-0.1, -0.05) is 6.07 Å². The zero-order valence-corrected chi connectivity index (χ0v) is 12.2. The molecule has 5 heteroatoms. The molecule has 0 saturated heterocycles. The second-order valence-corrected chi connectivity index (χ2v) is 5.17. The summed E-state index contributed by atoms with van der Waals surface area (Å²) < 4.78 is 7.50. The van der Waals surface area contributed by atoms with Gasteiger partial charge in [0.2, 0.25) is 0 Å². The highest BCUT2D eigenvalue weighted by Crippen LogP contribution is 2.22. The summed E-state index contributed by atoms with van der Waals surface area (Å²) >= 11 is 1.73. The molecule has 0 aromatic carbocycles. The van der Waals surface area contributed by atoms with Gasteiger partial charge in [-0.2, -0.15) is 0 Å². The lowest BCUT2D eigenvalue weighted by Gasteiger charge is -2.08. The van der Waals surface area contributed by atoms with E-state index < -0.39 is 0 Å². The average molecular weight is 279 g/mol. The van der Waals surface area contributed by atoms with Gasteiger partial charge in [-0.15, -0.1) is 11.3 Å². The summed E-state index contributed by atoms with van der Waals surface area (Å²) in [6.45, 7) is 6.58. The average Bonchev–Trinajstić information content (AvgIpc) is 3.08. The Hall–Kier alpha value is -1.17. The first-order valence-corrected chi connectivity index (χ1v) is 7.63. The van der Waals surface area contributed by atoms with Gasteiger partial charge in [-0.3, -0.25) is 0 Å². The number of imidazole rings is 1. The molecule has 104 valence electrons. The zero-order valence-electron chi connectivity index (χ0n) is 11.3. The summed E-state index contributed by atoms with van der Waals surface area (Å²) in [5.41, 5.74) is 0. The minimum absolute atomic E-state index is 0.805. The molecule has 0 spiro atoms. The predicted molar refractivity (Wildman–Crippen MR) is 79.5 cm³/mol. The first kappa shape index (κ1) is 14.2. The van der Waals surface area contributed by atoms with E-state index in [4.69, 9.17) is 4.74 Å². The lowest BCUT2D eigenvalue weighted by Crippen LogP contribution is -2.22. The Morgan fingerprint density at radius 3 is 3.16 bits per heavy atom. The fourth-order valence-corrected chi connectivity index (χ4v) is 2.62. The quantitative estimate of drug-likeness (QED) is 0.717. The predicted octanol–water partition coefficient (Wildman–Crippen LogP) is 2.63. The monoisotopic (exact) mass is 279 g/mol. The first-order valence-electron chi connectivity index (χ1n) is 6.75. The molecule has 0 saturated carbocycles. The van der Waals surface area contributed by atoms with Crippen LogP contribution in [-0.4, -0.2) is 35.9 Å². The van der Waals surface area contributed by atoms with Crippen molar-refractivity contribution in [2.24, 2.45) is 0 Å². The molecular formula is C14H21N3OS. The molecule has 19 heavy (non-hydrogen) atoms. The highest BCUT2D eigenvalue weighted by Gasteiger charge is 2.05. The maximum Gasteiger partial charge on any atom is 0.150 e. The normalized spacial score (nSPS) is 11.0. The Morgan fingerprint density at radius 2 is 2.37 bits per heavy atom. The summed E-state index contributed by atoms with van der Waals surface area (Å²) in [6.07, 6.45) is 4.97. The van der Waals surface area contributed by atoms with Crippen molar-refractivity contribution in [1.82, 2.24) is 14.9 Å². The molecular weight excluding hydrogens is 258 g/mol. The minimum Gasteiger partial charge on any atom is -0.382 e. The van der Waals surface area contributed by atoms with Crippen LogP contribution in [0.1, 0.15) is 13.3 Å². The zero-order chi connectivity index (χ0) is 13.3. The second-order valence-electron chi connectivity index (χ2n) is 4.22. The molecule has 2 heterocycles. The molecule has 4 nitrogen and oxygen atoms in total. The van der Waals surface area contributed by atoms with Crippen molar-refractivity contribution in [2.45, 2.75) is 19.9 Å². The third-order valence-corrected chi connectivity index (χ3v) is 3.70. The number of hydrogen-bond acceptors (Lipinski definition) is 4. The van der Waals surface area contributed by atoms with Gasteiger partial charge in [-0.25, -0.2) is 4.98 Å². The highest BCUT2D eigenvalue weighted by molar-refractivity contribution is 7.13. The van der Waals surface area contributed by atoms with Crippen LogP contribution in [0, 0.1) is 0 Å². The smallest absolute Gasteiger partial charge is 0.150 e. The van der Waals surface area contributed by atoms with E-state index in [0.717, 1.165) is 45.1 Å². The van der Waals surface area contributed by atoms with Crippen molar-refractivity contribution in [2.75, 3.05) is 26.3 Å². The number of ether oxygens (including phenoxy) is 1. The third-order valence-electron chi connectivity index (χ3n) is 2.83. The summed E-state index contributed by atoms with van der Waals surface area (Å²) in [6, 6.07) is 4.17. The van der Waals surface area contributed by atoms with E-state index in [0.29, 0.717) is 0 Å². The van der Waals surface area contributed by atoms with E-state index in [9.17, 15) is 0 Å². The second kappa shape index (κ2) is 8.09. The Kier molecular flexibility index (Phi) is 6.07. The van der Waals surface area contributed by atoms with Crippen LogP contribution in [0.3, 0.4) is 0 Å². The number of nitrogens with zero attached hydrogens (tertiary/aromatic N) is 2. The number of nitrogens with one attached hydrogen (secondary N) is 1. The molecule has 0 bridgehead atoms. The van der Waals surface area contributed by atoms with E-state index in [1.807, 2.05) is 19.3 Å². The molecule has 2 aromatic rings. The first-order chi connectivity index (χ1) is 9.42. The van der Waals surface area contributed by atoms with Gasteiger partial charge in [0.05, 0.1) is 4.88 Å². The number of thiophene rings is 1. The topological polar surface area (TPSA) is 39.1 Å². The Morgan fingerprint density at radius 1 is 1.42 bits per heavy atom. The van der Waals surface area contributed by atoms with Crippen LogP contribution in [0.2, 0.25) is 0 Å². The van der Waals surface area contributed by atoms with Crippen molar-refractivity contribution >= 4 is 11.3 Å². The lowest BCUT2D eigenvalue weighted by molar-refractivity contribution is 0.145. The van der Waals surface area contributed by atoms with Crippen LogP contribution in [0.15, 0.2) is 29.9 Å². The van der Waals surface area contributed by atoms with Crippen LogP contribution >= 0.6 is 11.3 Å². The molecule has 2 rings (SSSR count). The standard InChI is InChI=1S/C14H21N3OS/c1-2-18-11-4-6-15-7-9-17-10-8-16-14(17)13-5-3-12-19-13/h3,5,8,10,12,15H,2,4,6-7,9,11H2,1H3. The van der Waals surface area contributed by atoms with Crippen molar-refractivity contribution in [3.63, 3.8) is 0 Å². The lowest BCUT2D eigenvalue weighted by atomic mass is 10.4. The molecule has 0 atom stereocenters. The van der Waals surface area contributed by atoms with Gasteiger partial charge < -0.3 is 14.6 Å². The minimum atomic E-state index is 0.805. The van der Waals surface area contributed by atoms with Crippen molar-refractivity contribution in [3.8, 4) is 10.7 Å². The Labute approximate surface area is 118 Å². The Bertz CT molecular complexity index is 453. The van der Waals surface area contributed by atoms with E-state index in [1.165, 1.54) is 4.88 Å². The van der Waals surface area contributed by atoms with E-state index in [2.05, 4.69) is 32.4 Å². The van der Waals surface area contributed by atoms with Crippen LogP contribution in [0.25, 0.3) is 10.7 Å². The molecule has 0 amide bonds. The SMILES string of the molecule is CCOCCCNCCn1ccnc1-c1cccs1. The van der Waals surface area contributed by atoms with E-state index in [-0.39, 0.29) is 0 Å². The van der Waals surface area contributed by atoms with Crippen LogP contribution in [0.5, 0.6) is 0 Å². The third kappa shape index (κ3) is 4.45. The van der Waals surface area contributed by atoms with Gasteiger partial charge in [0.25, 0.3) is 0 Å². The maximum atomic E-state index is 5.30. The van der Waals surface area contributed by atoms with Gasteiger partial charge in [-0.05, 0) is 31.3 Å². The fourth-order valence-electron chi connectivity index (χ4n) is 1.89. The van der Waals surface area contributed by atoms with Crippen LogP contribution < -0.4 is 5.32 Å². The maximum absolute atomic E-state index is 5.30. The fraction of sp³-hybridized carbons (Fsp3) is 0.500. The van der Waals surface area contributed by atoms with Crippen LogP contribution in [-0.2, 0) is 11.3 Å². The van der Waals surface area contributed by atoms with Gasteiger partial charge in [0.1, 0.15) is 5.82 Å². The van der Waals surface area contributed by atoms with Gasteiger partial charge >= 0.3 is 0 Å². The van der Waals surface area contributed by atoms with Gasteiger partial charge in [0.15, 0.2) is 0 Å². The highest BCUT2D eigenvalue weighted by atomic mass is 32.1. The summed E-state index contributed by atoms with van der Waals surface area (Å²) in [5, 5.41) is 5.51. The van der Waals surface area contributed by atoms with Crippen molar-refractivity contribution in [1.29, 1.82) is 0 Å². The number of rotatable bonds is 9. The van der Waals surface area contributed by atoms with Crippen LogP contribution in [0.4, 0.5) is 0 Å². The van der Waals surface area contributed by atoms with Crippen molar-refractivity contribution in [3.05, 3.63) is 29.9 Å². The molecule has 0 aliphatic rings. The number of aromatic nitrogens is 2. The largest absolute Gasteiger partial charge is 0.382 e. The van der Waals surface area contributed by atoms with E-state index in [1.54, 1.807) is 11.3 Å². The summed E-state index contributed by atoms with van der Waals surface area (Å²) in [5.74, 6) is 1.06. The Balaban J connectivity index is 1.71. The molecule has 1 N–H and O–H groups in total. The number of hydrogen-bond donors (Lipinski definition) is 1. The molecule has 0 aliphatic heterocycles. The molecule has 2 aromatic heterocycles. The molecule has 0 radical (unpaired) electrons. The van der Waals surface area contributed by atoms with Crippen molar-refractivity contribution < 1.29 is 4.74 Å². The molecule has 0 fully saturated rings. The summed E-state index contributed by atoms with van der Waals surface area (Å²) in [4.78, 5) is 5.65. The van der Waals surface area contributed by atoms with Gasteiger partial charge in [0, 0.05) is 38.7 Å². The summed E-state index contributed by atoms with van der Waals surface area (Å²) in [7, 11) is 0. The molecule has 0 aliphatic carbocycles. The molecule has 0 unspecified atom stereocenters. The van der Waals surface area contributed by atoms with E-state index >= 15 is 0 Å².